The van der Waals surface area contributed by atoms with Gasteiger partial charge in [-0.15, -0.1) is 0 Å². The highest BCUT2D eigenvalue weighted by Crippen LogP contribution is 2.38. The maximum Gasteiger partial charge on any atom is 0.266 e. The largest absolute Gasteiger partial charge is 0.454 e. The van der Waals surface area contributed by atoms with E-state index in [0.29, 0.717) is 21.9 Å². The van der Waals surface area contributed by atoms with E-state index < -0.39 is 10.0 Å². The number of aliphatic imine (C=N–C) groups is 1. The third-order valence-corrected chi connectivity index (χ3v) is 6.29. The number of guanidine groups is 1. The molecule has 154 valence electrons. The van der Waals surface area contributed by atoms with Crippen LogP contribution in [0.25, 0.3) is 0 Å². The van der Waals surface area contributed by atoms with Gasteiger partial charge in [0.25, 0.3) is 10.0 Å². The molecule has 6 nitrogen and oxygen atoms in total. The summed E-state index contributed by atoms with van der Waals surface area (Å²) in [5.74, 6) is 0.339. The second-order valence-corrected chi connectivity index (χ2v) is 8.64. The summed E-state index contributed by atoms with van der Waals surface area (Å²) < 4.78 is 47.4. The van der Waals surface area contributed by atoms with Gasteiger partial charge in [0.2, 0.25) is 5.96 Å². The second kappa shape index (κ2) is 7.97. The number of nitrogens with one attached hydrogen (secondary N) is 2. The zero-order valence-corrected chi connectivity index (χ0v) is 17.4. The molecule has 0 aliphatic carbocycles. The van der Waals surface area contributed by atoms with Crippen molar-refractivity contribution in [2.24, 2.45) is 4.99 Å². The first kappa shape index (κ1) is 20.2. The minimum atomic E-state index is -3.87. The first-order valence-corrected chi connectivity index (χ1v) is 10.8. The average Bonchev–Trinajstić information content (AvgIpc) is 2.71. The summed E-state index contributed by atoms with van der Waals surface area (Å²) in [4.78, 5) is 4.30. The zero-order chi connectivity index (χ0) is 21.3. The average molecular weight is 446 g/mol. The molecule has 0 amide bonds. The molecular formula is C21H17ClFN3O3S. The summed E-state index contributed by atoms with van der Waals surface area (Å²) in [7, 11) is -3.87. The highest BCUT2D eigenvalue weighted by molar-refractivity contribution is 7.90. The lowest BCUT2D eigenvalue weighted by Gasteiger charge is -2.24. The summed E-state index contributed by atoms with van der Waals surface area (Å²) in [6.07, 6.45) is 0. The summed E-state index contributed by atoms with van der Waals surface area (Å²) in [5, 5.41) is 3.35. The fourth-order valence-electron chi connectivity index (χ4n) is 2.97. The smallest absolute Gasteiger partial charge is 0.266 e. The van der Waals surface area contributed by atoms with Crippen LogP contribution >= 0.6 is 11.6 Å². The van der Waals surface area contributed by atoms with E-state index in [1.807, 2.05) is 0 Å². The number of ether oxygens (including phenoxy) is 1. The van der Waals surface area contributed by atoms with Gasteiger partial charge in [0.05, 0.1) is 11.6 Å². The van der Waals surface area contributed by atoms with Gasteiger partial charge in [0, 0.05) is 0 Å². The molecule has 0 spiro atoms. The Morgan fingerprint density at radius 2 is 1.77 bits per heavy atom. The number of rotatable bonds is 4. The van der Waals surface area contributed by atoms with Crippen molar-refractivity contribution in [1.29, 1.82) is 0 Å². The monoisotopic (exact) mass is 445 g/mol. The van der Waals surface area contributed by atoms with E-state index in [1.165, 1.54) is 12.1 Å². The number of halogens is 2. The number of hydrogen-bond acceptors (Lipinski definition) is 4. The number of sulfonamides is 1. The Kier molecular flexibility index (Phi) is 5.36. The summed E-state index contributed by atoms with van der Waals surface area (Å²) in [6, 6.07) is 16.2. The molecule has 30 heavy (non-hydrogen) atoms. The van der Waals surface area contributed by atoms with E-state index in [4.69, 9.17) is 16.3 Å². The molecule has 0 radical (unpaired) electrons. The van der Waals surface area contributed by atoms with Crippen LogP contribution in [0.4, 0.5) is 10.1 Å². The Balaban J connectivity index is 1.69. The SMILES string of the molecule is Cc1c(F)cccc1CN=C1Nc2c(Oc3ccccc3Cl)cccc2S(=O)(=O)N1. The molecule has 0 bridgehead atoms. The van der Waals surface area contributed by atoms with E-state index in [2.05, 4.69) is 15.0 Å². The summed E-state index contributed by atoms with van der Waals surface area (Å²) in [5.41, 5.74) is 1.35. The van der Waals surface area contributed by atoms with Crippen molar-refractivity contribution >= 4 is 33.3 Å². The van der Waals surface area contributed by atoms with Crippen LogP contribution in [0, 0.1) is 12.7 Å². The first-order valence-electron chi connectivity index (χ1n) is 8.99. The molecule has 9 heteroatoms. The number of benzene rings is 3. The zero-order valence-electron chi connectivity index (χ0n) is 15.8. The Bertz CT molecular complexity index is 1260. The molecule has 0 fully saturated rings. The van der Waals surface area contributed by atoms with Crippen molar-refractivity contribution < 1.29 is 17.5 Å². The van der Waals surface area contributed by atoms with Gasteiger partial charge in [-0.2, -0.15) is 0 Å². The molecule has 0 saturated carbocycles. The van der Waals surface area contributed by atoms with E-state index >= 15 is 0 Å². The van der Waals surface area contributed by atoms with Crippen LogP contribution < -0.4 is 14.8 Å². The van der Waals surface area contributed by atoms with Gasteiger partial charge in [-0.1, -0.05) is 41.9 Å². The Hall–Kier alpha value is -3.10. The van der Waals surface area contributed by atoms with Gasteiger partial charge in [-0.05, 0) is 48.4 Å². The lowest BCUT2D eigenvalue weighted by atomic mass is 10.1. The molecule has 0 saturated heterocycles. The molecule has 2 N–H and O–H groups in total. The van der Waals surface area contributed by atoms with Gasteiger partial charge in [0.15, 0.2) is 5.75 Å². The van der Waals surface area contributed by atoms with Gasteiger partial charge in [0.1, 0.15) is 22.1 Å². The van der Waals surface area contributed by atoms with E-state index in [1.54, 1.807) is 55.5 Å². The molecule has 1 heterocycles. The standard InChI is InChI=1S/C21H17ClFN3O3S/c1-13-14(6-4-8-16(13)23)12-24-21-25-20-18(29-17-9-3-2-7-15(17)22)10-5-11-19(20)30(27,28)26-21/h2-11H,12H2,1H3,(H2,24,25,26). The van der Waals surface area contributed by atoms with Gasteiger partial charge < -0.3 is 10.1 Å². The molecule has 1 aliphatic heterocycles. The van der Waals surface area contributed by atoms with E-state index in [0.717, 1.165) is 0 Å². The maximum atomic E-state index is 13.8. The highest BCUT2D eigenvalue weighted by Gasteiger charge is 2.29. The summed E-state index contributed by atoms with van der Waals surface area (Å²) >= 11 is 6.16. The number of nitrogens with zero attached hydrogens (tertiary/aromatic N) is 1. The number of fused-ring (bicyclic) bond motifs is 1. The van der Waals surface area contributed by atoms with Crippen LogP contribution in [0.2, 0.25) is 5.02 Å². The van der Waals surface area contributed by atoms with Crippen LogP contribution in [0.3, 0.4) is 0 Å². The minimum Gasteiger partial charge on any atom is -0.454 e. The van der Waals surface area contributed by atoms with Crippen molar-refractivity contribution in [2.75, 3.05) is 5.32 Å². The van der Waals surface area contributed by atoms with Crippen molar-refractivity contribution in [3.05, 3.63) is 82.6 Å². The van der Waals surface area contributed by atoms with Crippen molar-refractivity contribution in [1.82, 2.24) is 4.72 Å². The summed E-state index contributed by atoms with van der Waals surface area (Å²) in [6.45, 7) is 1.74. The van der Waals surface area contributed by atoms with Crippen molar-refractivity contribution in [3.63, 3.8) is 0 Å². The topological polar surface area (TPSA) is 79.8 Å². The molecule has 0 atom stereocenters. The van der Waals surface area contributed by atoms with Crippen molar-refractivity contribution in [2.45, 2.75) is 18.4 Å². The second-order valence-electron chi connectivity index (χ2n) is 6.58. The van der Waals surface area contributed by atoms with E-state index in [9.17, 15) is 12.8 Å². The Morgan fingerprint density at radius 1 is 1.03 bits per heavy atom. The van der Waals surface area contributed by atoms with E-state index in [-0.39, 0.29) is 34.7 Å². The van der Waals surface area contributed by atoms with Crippen LogP contribution in [0.15, 0.2) is 70.6 Å². The maximum absolute atomic E-state index is 13.8. The molecule has 1 aliphatic rings. The fourth-order valence-corrected chi connectivity index (χ4v) is 4.31. The molecule has 0 aromatic heterocycles. The number of para-hydroxylation sites is 2. The molecule has 0 unspecified atom stereocenters. The number of anilines is 1. The van der Waals surface area contributed by atoms with Gasteiger partial charge in [-0.25, -0.2) is 22.5 Å². The normalized spacial score (nSPS) is 15.8. The quantitative estimate of drug-likeness (QED) is 0.602. The van der Waals surface area contributed by atoms with Crippen LogP contribution in [-0.4, -0.2) is 14.4 Å². The molecule has 4 rings (SSSR count). The third-order valence-electron chi connectivity index (χ3n) is 4.60. The third kappa shape index (κ3) is 3.96. The lowest BCUT2D eigenvalue weighted by molar-refractivity contribution is 0.483. The predicted molar refractivity (Wildman–Crippen MR) is 114 cm³/mol. The van der Waals surface area contributed by atoms with Gasteiger partial charge in [-0.3, -0.25) is 0 Å². The molecular weight excluding hydrogens is 429 g/mol. The van der Waals surface area contributed by atoms with Gasteiger partial charge >= 0.3 is 0 Å². The number of hydrogen-bond donors (Lipinski definition) is 2. The lowest BCUT2D eigenvalue weighted by Crippen LogP contribution is -2.40. The van der Waals surface area contributed by atoms with Crippen LogP contribution in [0.5, 0.6) is 11.5 Å². The Morgan fingerprint density at radius 3 is 2.57 bits per heavy atom. The van der Waals surface area contributed by atoms with Crippen molar-refractivity contribution in [3.8, 4) is 11.5 Å². The highest BCUT2D eigenvalue weighted by atomic mass is 35.5. The molecule has 3 aromatic carbocycles. The first-order chi connectivity index (χ1) is 14.3. The predicted octanol–water partition coefficient (Wildman–Crippen LogP) is 4.84. The minimum absolute atomic E-state index is 0.0152. The van der Waals surface area contributed by atoms with Crippen LogP contribution in [0.1, 0.15) is 11.1 Å². The fraction of sp³-hybridized carbons (Fsp3) is 0.0952. The molecule has 3 aromatic rings. The van der Waals surface area contributed by atoms with Crippen LogP contribution in [-0.2, 0) is 16.6 Å². The Labute approximate surface area is 178 Å².